The van der Waals surface area contributed by atoms with Gasteiger partial charge < -0.3 is 19.4 Å². The van der Waals surface area contributed by atoms with Crippen molar-refractivity contribution >= 4 is 28.5 Å². The topological polar surface area (TPSA) is 62.7 Å². The molecule has 0 amide bonds. The number of rotatable bonds is 22. The fourth-order valence-corrected chi connectivity index (χ4v) is 9.15. The summed E-state index contributed by atoms with van der Waals surface area (Å²) in [5.41, 5.74) is 0. The summed E-state index contributed by atoms with van der Waals surface area (Å²) in [5.74, 6) is 0. The molecule has 1 atom stereocenters. The van der Waals surface area contributed by atoms with Crippen molar-refractivity contribution in [3.05, 3.63) is 0 Å². The number of alkyl halides is 1. The minimum absolute atomic E-state index is 0. The van der Waals surface area contributed by atoms with Gasteiger partial charge in [-0.3, -0.25) is 0 Å². The fraction of sp³-hybridized carbons (Fsp3) is 1.00. The van der Waals surface area contributed by atoms with E-state index in [4.69, 9.17) is 24.9 Å². The van der Waals surface area contributed by atoms with Crippen LogP contribution in [0.25, 0.3) is 0 Å². The molecule has 0 saturated heterocycles. The highest BCUT2D eigenvalue weighted by atomic mass is 35.5. The number of hydrogen-bond donors (Lipinski definition) is 1. The van der Waals surface area contributed by atoms with Gasteiger partial charge in [0.25, 0.3) is 0 Å². The summed E-state index contributed by atoms with van der Waals surface area (Å²) in [6.07, 6.45) is 20.5. The quantitative estimate of drug-likeness (QED) is 0.0921. The SMILES string of the molecule is CCCCCCCCCCCCCCCC(Cl)[Si](C)(C)CCC[Si](OC)(OC)OC.N. The number of halogens is 1. The van der Waals surface area contributed by atoms with E-state index in [0.717, 1.165) is 12.5 Å². The monoisotopic (exact) mass is 497 g/mol. The van der Waals surface area contributed by atoms with Crippen molar-refractivity contribution in [3.8, 4) is 0 Å². The second-order valence-electron chi connectivity index (χ2n) is 9.64. The van der Waals surface area contributed by atoms with Crippen molar-refractivity contribution < 1.29 is 13.3 Å². The third kappa shape index (κ3) is 16.8. The molecule has 0 saturated carbocycles. The molecule has 0 spiro atoms. The van der Waals surface area contributed by atoms with Crippen LogP contribution in [0.5, 0.6) is 0 Å². The Morgan fingerprint density at radius 2 is 1.00 bits per heavy atom. The summed E-state index contributed by atoms with van der Waals surface area (Å²) in [6.45, 7) is 7.15. The maximum atomic E-state index is 6.85. The number of unbranched alkanes of at least 4 members (excludes halogenated alkanes) is 12. The van der Waals surface area contributed by atoms with E-state index in [1.165, 1.54) is 95.9 Å². The highest BCUT2D eigenvalue weighted by Crippen LogP contribution is 2.28. The Kier molecular flexibility index (Phi) is 23.0. The van der Waals surface area contributed by atoms with Crippen molar-refractivity contribution in [2.75, 3.05) is 21.3 Å². The van der Waals surface area contributed by atoms with Crippen molar-refractivity contribution in [1.29, 1.82) is 0 Å². The molecule has 31 heavy (non-hydrogen) atoms. The lowest BCUT2D eigenvalue weighted by Crippen LogP contribution is -2.44. The van der Waals surface area contributed by atoms with Crippen LogP contribution in [0.4, 0.5) is 0 Å². The third-order valence-corrected chi connectivity index (χ3v) is 15.1. The van der Waals surface area contributed by atoms with Crippen LogP contribution in [-0.4, -0.2) is 43.2 Å². The molecule has 0 fully saturated rings. The van der Waals surface area contributed by atoms with E-state index in [0.29, 0.717) is 5.00 Å². The summed E-state index contributed by atoms with van der Waals surface area (Å²) in [4.78, 5) is 0. The molecule has 0 aliphatic carbocycles. The van der Waals surface area contributed by atoms with Crippen molar-refractivity contribution in [2.45, 2.75) is 133 Å². The Labute approximate surface area is 202 Å². The number of hydrogen-bond acceptors (Lipinski definition) is 4. The van der Waals surface area contributed by atoms with Gasteiger partial charge in [-0.05, 0) is 6.42 Å². The molecule has 7 heteroatoms. The molecule has 0 aromatic rings. The first-order chi connectivity index (χ1) is 14.4. The Hall–Kier alpha value is 0.564. The first kappa shape index (κ1) is 33.7. The second kappa shape index (κ2) is 21.1. The second-order valence-corrected chi connectivity index (χ2v) is 18.8. The smallest absolute Gasteiger partial charge is 0.377 e. The van der Waals surface area contributed by atoms with Gasteiger partial charge in [0.1, 0.15) is 0 Å². The maximum Gasteiger partial charge on any atom is 0.500 e. The van der Waals surface area contributed by atoms with Crippen LogP contribution in [0.2, 0.25) is 25.2 Å². The highest BCUT2D eigenvalue weighted by molar-refractivity contribution is 6.85. The van der Waals surface area contributed by atoms with E-state index < -0.39 is 16.9 Å². The minimum Gasteiger partial charge on any atom is -0.377 e. The average molecular weight is 498 g/mol. The zero-order chi connectivity index (χ0) is 22.7. The van der Waals surface area contributed by atoms with E-state index in [-0.39, 0.29) is 6.15 Å². The van der Waals surface area contributed by atoms with E-state index in [9.17, 15) is 0 Å². The first-order valence-corrected chi connectivity index (χ1v) is 18.3. The summed E-state index contributed by atoms with van der Waals surface area (Å²) < 4.78 is 16.6. The first-order valence-electron chi connectivity index (χ1n) is 12.7. The van der Waals surface area contributed by atoms with Gasteiger partial charge in [0.15, 0.2) is 0 Å². The predicted octanol–water partition coefficient (Wildman–Crippen LogP) is 8.75. The molecule has 0 heterocycles. The lowest BCUT2D eigenvalue weighted by atomic mass is 10.0. The van der Waals surface area contributed by atoms with Gasteiger partial charge >= 0.3 is 8.80 Å². The van der Waals surface area contributed by atoms with Crippen LogP contribution in [0.3, 0.4) is 0 Å². The maximum absolute atomic E-state index is 6.85. The van der Waals surface area contributed by atoms with Gasteiger partial charge in [-0.2, -0.15) is 0 Å². The predicted molar refractivity (Wildman–Crippen MR) is 143 cm³/mol. The molecule has 190 valence electrons. The normalized spacial score (nSPS) is 13.3. The zero-order valence-corrected chi connectivity index (χ0v) is 24.7. The Morgan fingerprint density at radius 1 is 0.613 bits per heavy atom. The van der Waals surface area contributed by atoms with E-state index in [2.05, 4.69) is 20.0 Å². The largest absolute Gasteiger partial charge is 0.500 e. The van der Waals surface area contributed by atoms with Crippen molar-refractivity contribution in [2.24, 2.45) is 0 Å². The lowest BCUT2D eigenvalue weighted by Gasteiger charge is -2.30. The van der Waals surface area contributed by atoms with Gasteiger partial charge in [0, 0.05) is 32.4 Å². The molecule has 3 N–H and O–H groups in total. The van der Waals surface area contributed by atoms with Crippen LogP contribution >= 0.6 is 11.6 Å². The van der Waals surface area contributed by atoms with Crippen LogP contribution in [0.1, 0.15) is 103 Å². The fourth-order valence-electron chi connectivity index (χ4n) is 4.21. The lowest BCUT2D eigenvalue weighted by molar-refractivity contribution is 0.123. The molecular weight excluding hydrogens is 442 g/mol. The summed E-state index contributed by atoms with van der Waals surface area (Å²) >= 11 is 6.85. The van der Waals surface area contributed by atoms with Crippen LogP contribution < -0.4 is 6.15 Å². The van der Waals surface area contributed by atoms with E-state index >= 15 is 0 Å². The van der Waals surface area contributed by atoms with Gasteiger partial charge in [-0.25, -0.2) is 0 Å². The van der Waals surface area contributed by atoms with Crippen LogP contribution in [0, 0.1) is 0 Å². The van der Waals surface area contributed by atoms with Crippen LogP contribution in [-0.2, 0) is 13.3 Å². The summed E-state index contributed by atoms with van der Waals surface area (Å²) in [5, 5.41) is 0.369. The van der Waals surface area contributed by atoms with Gasteiger partial charge in [0.2, 0.25) is 0 Å². The standard InChI is InChI=1S/C24H53ClO3Si2.H3N/c1-7-8-9-10-11-12-13-14-15-16-17-18-19-21-24(25)29(5,6)22-20-23-30(26-2,27-3)28-4;/h24H,7-23H2,1-6H3;1H3. The Bertz CT molecular complexity index is 378. The molecule has 0 bridgehead atoms. The summed E-state index contributed by atoms with van der Waals surface area (Å²) in [7, 11) is 1.23. The minimum atomic E-state index is -2.43. The molecule has 0 aliphatic heterocycles. The third-order valence-electron chi connectivity index (χ3n) is 6.65. The molecule has 4 nitrogen and oxygen atoms in total. The molecule has 0 radical (unpaired) electrons. The molecule has 0 aromatic carbocycles. The molecule has 0 rings (SSSR count). The van der Waals surface area contributed by atoms with Crippen LogP contribution in [0.15, 0.2) is 0 Å². The molecule has 1 unspecified atom stereocenters. The van der Waals surface area contributed by atoms with Crippen molar-refractivity contribution in [1.82, 2.24) is 6.15 Å². The highest BCUT2D eigenvalue weighted by Gasteiger charge is 2.38. The van der Waals surface area contributed by atoms with Crippen molar-refractivity contribution in [3.63, 3.8) is 0 Å². The molecular formula is C24H56ClNO3Si2. The van der Waals surface area contributed by atoms with Gasteiger partial charge in [-0.15, -0.1) is 11.6 Å². The van der Waals surface area contributed by atoms with Gasteiger partial charge in [0.05, 0.1) is 8.07 Å². The molecule has 0 aromatic heterocycles. The zero-order valence-electron chi connectivity index (χ0n) is 21.9. The average Bonchev–Trinajstić information content (AvgIpc) is 2.74. The Balaban J connectivity index is 0. The van der Waals surface area contributed by atoms with E-state index in [1.807, 2.05) is 0 Å². The Morgan fingerprint density at radius 3 is 1.39 bits per heavy atom. The van der Waals surface area contributed by atoms with E-state index in [1.54, 1.807) is 21.3 Å². The van der Waals surface area contributed by atoms with Gasteiger partial charge in [-0.1, -0.05) is 116 Å². The molecule has 0 aliphatic rings. The summed E-state index contributed by atoms with van der Waals surface area (Å²) in [6, 6.07) is 2.10.